The van der Waals surface area contributed by atoms with Crippen LogP contribution < -0.4 is 5.32 Å². The van der Waals surface area contributed by atoms with Gasteiger partial charge in [0.05, 0.1) is 18.9 Å². The fraction of sp³-hybridized carbons (Fsp3) is 0.643. The molecule has 1 fully saturated rings. The first-order valence-electron chi connectivity index (χ1n) is 6.72. The average Bonchev–Trinajstić information content (AvgIpc) is 2.39. The lowest BCUT2D eigenvalue weighted by Gasteiger charge is -2.27. The molecule has 0 atom stereocenters. The van der Waals surface area contributed by atoms with Crippen LogP contribution in [0, 0.1) is 0 Å². The van der Waals surface area contributed by atoms with Crippen molar-refractivity contribution in [3.05, 3.63) is 29.6 Å². The molecule has 0 aliphatic carbocycles. The van der Waals surface area contributed by atoms with Crippen LogP contribution in [0.25, 0.3) is 0 Å². The lowest BCUT2D eigenvalue weighted by Crippen LogP contribution is -2.36. The second kappa shape index (κ2) is 6.83. The van der Waals surface area contributed by atoms with E-state index in [2.05, 4.69) is 35.1 Å². The fourth-order valence-corrected chi connectivity index (χ4v) is 2.06. The van der Waals surface area contributed by atoms with Crippen molar-refractivity contribution in [3.8, 4) is 0 Å². The average molecular weight is 249 g/mol. The third kappa shape index (κ3) is 4.05. The summed E-state index contributed by atoms with van der Waals surface area (Å²) in [5.41, 5.74) is 2.49. The summed E-state index contributed by atoms with van der Waals surface area (Å²) < 4.78 is 5.37. The molecule has 0 saturated carbocycles. The summed E-state index contributed by atoms with van der Waals surface area (Å²) in [6.07, 6.45) is 1.88. The minimum atomic E-state index is 0.501. The third-order valence-electron chi connectivity index (χ3n) is 3.16. The van der Waals surface area contributed by atoms with Gasteiger partial charge in [0.1, 0.15) is 0 Å². The number of morpholine rings is 1. The van der Waals surface area contributed by atoms with Crippen LogP contribution in [-0.2, 0) is 17.8 Å². The van der Waals surface area contributed by atoms with Gasteiger partial charge in [0.15, 0.2) is 0 Å². The topological polar surface area (TPSA) is 37.4 Å². The predicted molar refractivity (Wildman–Crippen MR) is 72.3 cm³/mol. The van der Waals surface area contributed by atoms with E-state index in [4.69, 9.17) is 4.74 Å². The van der Waals surface area contributed by atoms with Crippen LogP contribution in [0.1, 0.15) is 25.1 Å². The van der Waals surface area contributed by atoms with Crippen molar-refractivity contribution in [3.63, 3.8) is 0 Å². The number of hydrogen-bond donors (Lipinski definition) is 1. The number of nitrogens with zero attached hydrogens (tertiary/aromatic N) is 2. The highest BCUT2D eigenvalue weighted by Gasteiger charge is 2.13. The smallest absolute Gasteiger partial charge is 0.0594 e. The van der Waals surface area contributed by atoms with Crippen molar-refractivity contribution in [1.82, 2.24) is 15.2 Å². The molecule has 1 aromatic heterocycles. The van der Waals surface area contributed by atoms with E-state index < -0.39 is 0 Å². The van der Waals surface area contributed by atoms with E-state index in [0.29, 0.717) is 6.04 Å². The van der Waals surface area contributed by atoms with Crippen molar-refractivity contribution in [2.75, 3.05) is 26.3 Å². The molecular formula is C14H23N3O. The van der Waals surface area contributed by atoms with Gasteiger partial charge >= 0.3 is 0 Å². The van der Waals surface area contributed by atoms with Crippen LogP contribution in [0.3, 0.4) is 0 Å². The van der Waals surface area contributed by atoms with E-state index in [1.807, 2.05) is 12.3 Å². The molecule has 1 aliphatic heterocycles. The molecule has 1 aromatic rings. The van der Waals surface area contributed by atoms with Gasteiger partial charge in [0.2, 0.25) is 0 Å². The molecular weight excluding hydrogens is 226 g/mol. The maximum atomic E-state index is 5.37. The molecule has 2 rings (SSSR count). The molecule has 100 valence electrons. The van der Waals surface area contributed by atoms with Gasteiger partial charge in [-0.1, -0.05) is 19.9 Å². The van der Waals surface area contributed by atoms with Crippen molar-refractivity contribution >= 4 is 0 Å². The van der Waals surface area contributed by atoms with Gasteiger partial charge in [-0.2, -0.15) is 0 Å². The summed E-state index contributed by atoms with van der Waals surface area (Å²) in [4.78, 5) is 6.94. The molecule has 0 amide bonds. The number of aromatic nitrogens is 1. The monoisotopic (exact) mass is 249 g/mol. The molecule has 18 heavy (non-hydrogen) atoms. The van der Waals surface area contributed by atoms with Gasteiger partial charge in [0, 0.05) is 38.4 Å². The van der Waals surface area contributed by atoms with Crippen LogP contribution in [0.4, 0.5) is 0 Å². The van der Waals surface area contributed by atoms with Crippen LogP contribution in [0.15, 0.2) is 18.3 Å². The second-order valence-electron chi connectivity index (χ2n) is 5.03. The maximum absolute atomic E-state index is 5.37. The fourth-order valence-electron chi connectivity index (χ4n) is 2.06. The first-order chi connectivity index (χ1) is 8.75. The van der Waals surface area contributed by atoms with Crippen LogP contribution in [0.2, 0.25) is 0 Å². The van der Waals surface area contributed by atoms with Gasteiger partial charge in [-0.25, -0.2) is 0 Å². The minimum Gasteiger partial charge on any atom is -0.379 e. The lowest BCUT2D eigenvalue weighted by molar-refractivity contribution is 0.0335. The summed E-state index contributed by atoms with van der Waals surface area (Å²) in [7, 11) is 0. The Morgan fingerprint density at radius 3 is 2.89 bits per heavy atom. The van der Waals surface area contributed by atoms with Gasteiger partial charge in [-0.3, -0.25) is 9.88 Å². The quantitative estimate of drug-likeness (QED) is 0.856. The van der Waals surface area contributed by atoms with E-state index in [1.54, 1.807) is 0 Å². The highest BCUT2D eigenvalue weighted by atomic mass is 16.5. The van der Waals surface area contributed by atoms with Crippen LogP contribution >= 0.6 is 0 Å². The molecule has 4 heteroatoms. The van der Waals surface area contributed by atoms with Crippen molar-refractivity contribution in [2.24, 2.45) is 0 Å². The first-order valence-corrected chi connectivity index (χ1v) is 6.72. The van der Waals surface area contributed by atoms with Crippen molar-refractivity contribution < 1.29 is 4.74 Å². The van der Waals surface area contributed by atoms with E-state index >= 15 is 0 Å². The molecule has 0 aromatic carbocycles. The zero-order chi connectivity index (χ0) is 12.8. The number of nitrogens with one attached hydrogen (secondary N) is 1. The van der Waals surface area contributed by atoms with Crippen LogP contribution in [-0.4, -0.2) is 42.2 Å². The van der Waals surface area contributed by atoms with Crippen molar-refractivity contribution in [1.29, 1.82) is 0 Å². The Morgan fingerprint density at radius 2 is 2.17 bits per heavy atom. The summed E-state index contributed by atoms with van der Waals surface area (Å²) in [5, 5.41) is 3.46. The highest BCUT2D eigenvalue weighted by molar-refractivity contribution is 5.19. The van der Waals surface area contributed by atoms with Crippen molar-refractivity contribution in [2.45, 2.75) is 33.0 Å². The maximum Gasteiger partial charge on any atom is 0.0594 e. The Balaban J connectivity index is 1.97. The Bertz CT molecular complexity index is 362. The van der Waals surface area contributed by atoms with E-state index in [1.165, 1.54) is 11.3 Å². The predicted octanol–water partition coefficient (Wildman–Crippen LogP) is 1.41. The zero-order valence-electron chi connectivity index (χ0n) is 11.4. The first kappa shape index (κ1) is 13.5. The molecule has 2 heterocycles. The molecule has 1 aliphatic rings. The number of ether oxygens (including phenoxy) is 1. The van der Waals surface area contributed by atoms with Gasteiger partial charge in [0.25, 0.3) is 0 Å². The SMILES string of the molecule is CC(C)NCc1cccnc1CN1CCOCC1. The highest BCUT2D eigenvalue weighted by Crippen LogP contribution is 2.10. The van der Waals surface area contributed by atoms with Crippen LogP contribution in [0.5, 0.6) is 0 Å². The molecule has 0 bridgehead atoms. The Kier molecular flexibility index (Phi) is 5.11. The normalized spacial score (nSPS) is 17.3. The second-order valence-corrected chi connectivity index (χ2v) is 5.03. The summed E-state index contributed by atoms with van der Waals surface area (Å²) in [6.45, 7) is 9.85. The van der Waals surface area contributed by atoms with E-state index in [0.717, 1.165) is 39.4 Å². The molecule has 4 nitrogen and oxygen atoms in total. The molecule has 0 radical (unpaired) electrons. The molecule has 1 N–H and O–H groups in total. The van der Waals surface area contributed by atoms with E-state index in [-0.39, 0.29) is 0 Å². The summed E-state index contributed by atoms with van der Waals surface area (Å²) in [6, 6.07) is 4.68. The molecule has 0 spiro atoms. The lowest BCUT2D eigenvalue weighted by atomic mass is 10.1. The summed E-state index contributed by atoms with van der Waals surface area (Å²) >= 11 is 0. The van der Waals surface area contributed by atoms with Gasteiger partial charge in [-0.05, 0) is 11.6 Å². The number of hydrogen-bond acceptors (Lipinski definition) is 4. The number of pyridine rings is 1. The standard InChI is InChI=1S/C14H23N3O/c1-12(2)16-10-13-4-3-5-15-14(13)11-17-6-8-18-9-7-17/h3-5,12,16H,6-11H2,1-2H3. The molecule has 1 saturated heterocycles. The Hall–Kier alpha value is -0.970. The van der Waals surface area contributed by atoms with Gasteiger partial charge < -0.3 is 10.1 Å². The third-order valence-corrected chi connectivity index (χ3v) is 3.16. The van der Waals surface area contributed by atoms with E-state index in [9.17, 15) is 0 Å². The summed E-state index contributed by atoms with van der Waals surface area (Å²) in [5.74, 6) is 0. The number of rotatable bonds is 5. The van der Waals surface area contributed by atoms with Gasteiger partial charge in [-0.15, -0.1) is 0 Å². The Labute approximate surface area is 109 Å². The Morgan fingerprint density at radius 1 is 1.39 bits per heavy atom. The minimum absolute atomic E-state index is 0.501. The zero-order valence-corrected chi connectivity index (χ0v) is 11.4. The molecule has 0 unspecified atom stereocenters. The largest absolute Gasteiger partial charge is 0.379 e.